The Bertz CT molecular complexity index is 875. The minimum atomic E-state index is -0.650. The first-order valence-electron chi connectivity index (χ1n) is 26.8. The van der Waals surface area contributed by atoms with Crippen LogP contribution in [-0.2, 0) is 23.7 Å². The molecule has 5 heteroatoms. The van der Waals surface area contributed by atoms with Crippen LogP contribution >= 0.6 is 0 Å². The van der Waals surface area contributed by atoms with Crippen LogP contribution in [0.5, 0.6) is 0 Å². The molecule has 2 atom stereocenters. The van der Waals surface area contributed by atoms with Gasteiger partial charge in [0, 0.05) is 20.3 Å². The van der Waals surface area contributed by atoms with E-state index in [4.69, 9.17) is 18.9 Å². The molecule has 0 saturated heterocycles. The minimum absolute atomic E-state index is 0.0214. The smallest absolute Gasteiger partial charge is 0.312 e. The molecular weight excluding hydrogens is 741 g/mol. The number of rotatable bonds is 47. The van der Waals surface area contributed by atoms with Gasteiger partial charge in [0.2, 0.25) is 0 Å². The lowest BCUT2D eigenvalue weighted by molar-refractivity contribution is -0.167. The summed E-state index contributed by atoms with van der Waals surface area (Å²) in [5.74, 6) is -0.126. The summed E-state index contributed by atoms with van der Waals surface area (Å²) in [6, 6.07) is 0. The number of esters is 1. The van der Waals surface area contributed by atoms with Gasteiger partial charge in [0.25, 0.3) is 0 Å². The second-order valence-electron chi connectivity index (χ2n) is 20.9. The first-order valence-corrected chi connectivity index (χ1v) is 26.8. The van der Waals surface area contributed by atoms with E-state index >= 15 is 0 Å². The number of ether oxygens (including phenoxy) is 4. The molecule has 0 aromatic carbocycles. The molecule has 0 heterocycles. The second-order valence-corrected chi connectivity index (χ2v) is 20.9. The van der Waals surface area contributed by atoms with Crippen LogP contribution in [0.4, 0.5) is 0 Å². The summed E-state index contributed by atoms with van der Waals surface area (Å²) in [4.78, 5) is 13.7. The van der Waals surface area contributed by atoms with Crippen molar-refractivity contribution in [1.82, 2.24) is 0 Å². The summed E-state index contributed by atoms with van der Waals surface area (Å²) in [7, 11) is 1.75. The average molecular weight is 851 g/mol. The van der Waals surface area contributed by atoms with Gasteiger partial charge in [-0.15, -0.1) is 0 Å². The molecule has 0 amide bonds. The third-order valence-electron chi connectivity index (χ3n) is 14.0. The highest BCUT2D eigenvalue weighted by molar-refractivity contribution is 5.77. The van der Waals surface area contributed by atoms with Crippen LogP contribution < -0.4 is 0 Å². The molecule has 0 aliphatic heterocycles. The molecule has 0 N–H and O–H groups in total. The summed E-state index contributed by atoms with van der Waals surface area (Å²) in [5, 5.41) is 0. The van der Waals surface area contributed by atoms with Crippen LogP contribution in [-0.4, -0.2) is 50.7 Å². The van der Waals surface area contributed by atoms with Crippen LogP contribution in [0.1, 0.15) is 293 Å². The highest BCUT2D eigenvalue weighted by Crippen LogP contribution is 2.43. The second kappa shape index (κ2) is 39.9. The van der Waals surface area contributed by atoms with Gasteiger partial charge in [-0.2, -0.15) is 0 Å². The van der Waals surface area contributed by atoms with E-state index in [0.717, 1.165) is 38.7 Å². The molecule has 0 aromatic heterocycles. The zero-order valence-electron chi connectivity index (χ0n) is 42.8. The number of carbonyl (C=O) groups excluding carboxylic acids is 1. The molecule has 0 aliphatic rings. The highest BCUT2D eigenvalue weighted by Gasteiger charge is 2.45. The Labute approximate surface area is 377 Å². The third-order valence-corrected chi connectivity index (χ3v) is 14.0. The van der Waals surface area contributed by atoms with E-state index in [9.17, 15) is 4.79 Å². The molecule has 0 saturated carbocycles. The fraction of sp³-hybridized carbons (Fsp3) is 0.982. The van der Waals surface area contributed by atoms with Gasteiger partial charge in [-0.05, 0) is 65.7 Å². The summed E-state index contributed by atoms with van der Waals surface area (Å²) in [6.07, 6.45) is 48.0. The minimum Gasteiger partial charge on any atom is -0.463 e. The van der Waals surface area contributed by atoms with E-state index in [0.29, 0.717) is 13.2 Å². The van der Waals surface area contributed by atoms with Gasteiger partial charge >= 0.3 is 5.97 Å². The summed E-state index contributed by atoms with van der Waals surface area (Å²) < 4.78 is 24.3. The molecule has 0 fully saturated rings. The quantitative estimate of drug-likeness (QED) is 0.0451. The lowest BCUT2D eigenvalue weighted by Crippen LogP contribution is -2.43. The molecule has 60 heavy (non-hydrogen) atoms. The molecule has 0 bridgehead atoms. The Hall–Kier alpha value is -0.650. The van der Waals surface area contributed by atoms with Crippen LogP contribution in [0.3, 0.4) is 0 Å². The average Bonchev–Trinajstić information content (AvgIpc) is 3.21. The number of hydrogen-bond donors (Lipinski definition) is 0. The number of hydrogen-bond acceptors (Lipinski definition) is 5. The molecule has 0 spiro atoms. The van der Waals surface area contributed by atoms with Crippen molar-refractivity contribution in [2.75, 3.05) is 26.9 Å². The Morgan fingerprint density at radius 1 is 0.467 bits per heavy atom. The van der Waals surface area contributed by atoms with Crippen molar-refractivity contribution in [3.63, 3.8) is 0 Å². The number of unbranched alkanes of at least 4 members (excludes halogenated alkanes) is 31. The van der Waals surface area contributed by atoms with Crippen molar-refractivity contribution in [2.24, 2.45) is 10.8 Å². The third kappa shape index (κ3) is 34.8. The summed E-state index contributed by atoms with van der Waals surface area (Å²) in [5.41, 5.74) is -1.14. The van der Waals surface area contributed by atoms with E-state index in [2.05, 4.69) is 48.5 Å². The molecule has 0 aliphatic carbocycles. The zero-order chi connectivity index (χ0) is 44.6. The standard InChI is InChI=1S/C55H110O5/c1-11-13-15-17-19-21-23-25-27-29-30-32-34-36-38-40-42-44-51(59-46-43-41-39-37-35-33-31-28-26-24-22-20-18-16-14-12-2)49-60-52(56)55(8,9)53(4,5)48-50(3)58-47-45-54(6,7)57-10/h50-51H,11-49H2,1-10H3. The lowest BCUT2D eigenvalue weighted by Gasteiger charge is -2.41. The van der Waals surface area contributed by atoms with Crippen molar-refractivity contribution in [3.8, 4) is 0 Å². The van der Waals surface area contributed by atoms with Crippen LogP contribution in [0.15, 0.2) is 0 Å². The van der Waals surface area contributed by atoms with Crippen molar-refractivity contribution in [2.45, 2.75) is 311 Å². The largest absolute Gasteiger partial charge is 0.463 e. The van der Waals surface area contributed by atoms with Crippen LogP contribution in [0, 0.1) is 10.8 Å². The molecule has 360 valence electrons. The van der Waals surface area contributed by atoms with Crippen molar-refractivity contribution >= 4 is 5.97 Å². The van der Waals surface area contributed by atoms with Gasteiger partial charge in [-0.25, -0.2) is 0 Å². The Kier molecular flexibility index (Phi) is 39.5. The van der Waals surface area contributed by atoms with Crippen molar-refractivity contribution in [1.29, 1.82) is 0 Å². The monoisotopic (exact) mass is 851 g/mol. The lowest BCUT2D eigenvalue weighted by atomic mass is 9.65. The number of carbonyl (C=O) groups is 1. The molecule has 5 nitrogen and oxygen atoms in total. The van der Waals surface area contributed by atoms with Gasteiger partial charge in [0.05, 0.1) is 23.2 Å². The topological polar surface area (TPSA) is 54.0 Å². The van der Waals surface area contributed by atoms with E-state index in [1.165, 1.54) is 199 Å². The van der Waals surface area contributed by atoms with Crippen molar-refractivity contribution < 1.29 is 23.7 Å². The molecule has 0 aromatic rings. The van der Waals surface area contributed by atoms with Gasteiger partial charge < -0.3 is 18.9 Å². The highest BCUT2D eigenvalue weighted by atomic mass is 16.6. The van der Waals surface area contributed by atoms with Crippen molar-refractivity contribution in [3.05, 3.63) is 0 Å². The Morgan fingerprint density at radius 3 is 1.18 bits per heavy atom. The molecular formula is C55H110O5. The Balaban J connectivity index is 4.58. The maximum atomic E-state index is 13.7. The predicted molar refractivity (Wildman–Crippen MR) is 262 cm³/mol. The normalized spacial score (nSPS) is 13.6. The van der Waals surface area contributed by atoms with Crippen LogP contribution in [0.25, 0.3) is 0 Å². The Morgan fingerprint density at radius 2 is 0.817 bits per heavy atom. The fourth-order valence-corrected chi connectivity index (χ4v) is 8.48. The predicted octanol–water partition coefficient (Wildman–Crippen LogP) is 17.9. The van der Waals surface area contributed by atoms with Crippen LogP contribution in [0.2, 0.25) is 0 Å². The zero-order valence-corrected chi connectivity index (χ0v) is 42.8. The van der Waals surface area contributed by atoms with E-state index in [-0.39, 0.29) is 29.2 Å². The van der Waals surface area contributed by atoms with Gasteiger partial charge in [0.1, 0.15) is 6.61 Å². The fourth-order valence-electron chi connectivity index (χ4n) is 8.48. The van der Waals surface area contributed by atoms with E-state index in [1.807, 2.05) is 13.8 Å². The molecule has 0 rings (SSSR count). The van der Waals surface area contributed by atoms with Gasteiger partial charge in [0.15, 0.2) is 0 Å². The first kappa shape index (κ1) is 59.4. The first-order chi connectivity index (χ1) is 28.8. The SMILES string of the molecule is CCCCCCCCCCCCCCCCCCCC(COC(=O)C(C)(C)C(C)(C)CC(C)OCCC(C)(C)OC)OCCCCCCCCCCCCCCCCCC. The van der Waals surface area contributed by atoms with Gasteiger partial charge in [-0.3, -0.25) is 4.79 Å². The van der Waals surface area contributed by atoms with E-state index in [1.54, 1.807) is 7.11 Å². The summed E-state index contributed by atoms with van der Waals surface area (Å²) in [6.45, 7) is 21.1. The maximum absolute atomic E-state index is 13.7. The number of methoxy groups -OCH3 is 1. The molecule has 0 radical (unpaired) electrons. The van der Waals surface area contributed by atoms with Gasteiger partial charge in [-0.1, -0.05) is 233 Å². The molecule has 2 unspecified atom stereocenters. The summed E-state index contributed by atoms with van der Waals surface area (Å²) >= 11 is 0. The maximum Gasteiger partial charge on any atom is 0.312 e. The van der Waals surface area contributed by atoms with E-state index < -0.39 is 5.41 Å².